The first-order chi connectivity index (χ1) is 10.1. The normalized spacial score (nSPS) is 10.8. The molecule has 0 spiro atoms. The number of benzene rings is 2. The molecule has 0 aliphatic carbocycles. The van der Waals surface area contributed by atoms with Crippen molar-refractivity contribution in [3.8, 4) is 5.75 Å². The largest absolute Gasteiger partial charge is 0.492 e. The molecule has 106 valence electrons. The van der Waals surface area contributed by atoms with Gasteiger partial charge in [0.05, 0.1) is 6.20 Å². The molecule has 3 aromatic rings. The van der Waals surface area contributed by atoms with Gasteiger partial charge in [-0.3, -0.25) is 4.68 Å². The van der Waals surface area contributed by atoms with E-state index < -0.39 is 7.12 Å². The van der Waals surface area contributed by atoms with Crippen LogP contribution < -0.4 is 10.2 Å². The van der Waals surface area contributed by atoms with Gasteiger partial charge >= 0.3 is 7.12 Å². The van der Waals surface area contributed by atoms with Gasteiger partial charge in [-0.25, -0.2) is 0 Å². The first-order valence-corrected chi connectivity index (χ1v) is 6.51. The van der Waals surface area contributed by atoms with E-state index in [1.165, 1.54) is 0 Å². The van der Waals surface area contributed by atoms with Crippen LogP contribution in [0.25, 0.3) is 10.8 Å². The van der Waals surface area contributed by atoms with Gasteiger partial charge in [-0.2, -0.15) is 0 Å². The highest BCUT2D eigenvalue weighted by molar-refractivity contribution is 6.63. The summed E-state index contributed by atoms with van der Waals surface area (Å²) in [5.74, 6) is 0.425. The van der Waals surface area contributed by atoms with Gasteiger partial charge in [0.15, 0.2) is 0 Å². The van der Waals surface area contributed by atoms with E-state index in [4.69, 9.17) is 4.74 Å². The van der Waals surface area contributed by atoms with Gasteiger partial charge in [0.2, 0.25) is 0 Å². The number of rotatable bonds is 4. The second kappa shape index (κ2) is 5.55. The number of hydrogen-bond donors (Lipinski definition) is 2. The van der Waals surface area contributed by atoms with Gasteiger partial charge in [0, 0.05) is 12.5 Å². The smallest absolute Gasteiger partial charge is 0.488 e. The van der Waals surface area contributed by atoms with Crippen LogP contribution in [0, 0.1) is 0 Å². The maximum absolute atomic E-state index is 9.65. The van der Waals surface area contributed by atoms with Gasteiger partial charge in [0.25, 0.3) is 0 Å². The highest BCUT2D eigenvalue weighted by Crippen LogP contribution is 2.19. The van der Waals surface area contributed by atoms with Gasteiger partial charge in [-0.1, -0.05) is 35.5 Å². The predicted octanol–water partition coefficient (Wildman–Crippen LogP) is 0.227. The second-order valence-corrected chi connectivity index (χ2v) is 4.74. The van der Waals surface area contributed by atoms with Crippen molar-refractivity contribution in [1.29, 1.82) is 0 Å². The van der Waals surface area contributed by atoms with Crippen molar-refractivity contribution in [3.05, 3.63) is 48.3 Å². The topological polar surface area (TPSA) is 80.4 Å². The molecule has 6 nitrogen and oxygen atoms in total. The Bertz CT molecular complexity index is 773. The van der Waals surface area contributed by atoms with E-state index in [0.717, 1.165) is 10.8 Å². The lowest BCUT2D eigenvalue weighted by atomic mass is 9.76. The van der Waals surface area contributed by atoms with E-state index in [0.29, 0.717) is 16.9 Å². The average molecular weight is 283 g/mol. The van der Waals surface area contributed by atoms with Gasteiger partial charge in [-0.05, 0) is 16.8 Å². The molecule has 0 saturated heterocycles. The van der Waals surface area contributed by atoms with Crippen LogP contribution in [0.3, 0.4) is 0 Å². The first kappa shape index (κ1) is 13.6. The van der Waals surface area contributed by atoms with Crippen molar-refractivity contribution < 1.29 is 14.8 Å². The molecule has 0 fully saturated rings. The Morgan fingerprint density at radius 3 is 2.71 bits per heavy atom. The number of nitrogens with zero attached hydrogens (tertiary/aromatic N) is 3. The number of ether oxygens (including phenoxy) is 1. The van der Waals surface area contributed by atoms with E-state index in [1.54, 1.807) is 24.0 Å². The molecule has 7 heteroatoms. The van der Waals surface area contributed by atoms with Crippen LogP contribution in [-0.2, 0) is 13.7 Å². The highest BCUT2D eigenvalue weighted by Gasteiger charge is 2.20. The molecule has 3 rings (SSSR count). The van der Waals surface area contributed by atoms with Crippen LogP contribution in [-0.4, -0.2) is 32.2 Å². The number of aryl methyl sites for hydroxylation is 1. The van der Waals surface area contributed by atoms with E-state index in [9.17, 15) is 10.0 Å². The monoisotopic (exact) mass is 283 g/mol. The van der Waals surface area contributed by atoms with E-state index in [-0.39, 0.29) is 6.61 Å². The fourth-order valence-corrected chi connectivity index (χ4v) is 2.28. The van der Waals surface area contributed by atoms with Gasteiger partial charge in [0.1, 0.15) is 18.1 Å². The van der Waals surface area contributed by atoms with Crippen LogP contribution in [0.4, 0.5) is 0 Å². The molecule has 0 amide bonds. The minimum atomic E-state index is -1.60. The Hall–Kier alpha value is -2.38. The third-order valence-corrected chi connectivity index (χ3v) is 3.21. The van der Waals surface area contributed by atoms with Crippen molar-refractivity contribution in [2.45, 2.75) is 6.61 Å². The number of fused-ring (bicyclic) bond motifs is 1. The zero-order valence-electron chi connectivity index (χ0n) is 11.5. The van der Waals surface area contributed by atoms with Crippen molar-refractivity contribution in [2.24, 2.45) is 7.05 Å². The lowest BCUT2D eigenvalue weighted by Gasteiger charge is -2.13. The van der Waals surface area contributed by atoms with Gasteiger partial charge < -0.3 is 14.8 Å². The number of hydrogen-bond acceptors (Lipinski definition) is 5. The summed E-state index contributed by atoms with van der Waals surface area (Å²) in [5, 5.41) is 28.7. The van der Waals surface area contributed by atoms with Crippen LogP contribution >= 0.6 is 0 Å². The maximum atomic E-state index is 9.65. The number of aromatic nitrogens is 3. The molecular formula is C14H14BN3O3. The lowest BCUT2D eigenvalue weighted by molar-refractivity contribution is 0.302. The molecule has 0 aliphatic rings. The molecule has 1 heterocycles. The summed E-state index contributed by atoms with van der Waals surface area (Å²) in [4.78, 5) is 0. The molecule has 0 unspecified atom stereocenters. The Kier molecular flexibility index (Phi) is 3.59. The molecule has 2 N–H and O–H groups in total. The summed E-state index contributed by atoms with van der Waals surface area (Å²) >= 11 is 0. The molecule has 0 aliphatic heterocycles. The zero-order valence-corrected chi connectivity index (χ0v) is 11.5. The van der Waals surface area contributed by atoms with E-state index in [1.807, 2.05) is 30.3 Å². The zero-order chi connectivity index (χ0) is 14.8. The third kappa shape index (κ3) is 2.74. The quantitative estimate of drug-likeness (QED) is 0.670. The second-order valence-electron chi connectivity index (χ2n) is 4.74. The molecule has 1 aromatic heterocycles. The Morgan fingerprint density at radius 1 is 1.19 bits per heavy atom. The van der Waals surface area contributed by atoms with Gasteiger partial charge in [-0.15, -0.1) is 5.10 Å². The molecular weight excluding hydrogens is 269 g/mol. The summed E-state index contributed by atoms with van der Waals surface area (Å²) in [6.45, 7) is 0.214. The third-order valence-electron chi connectivity index (χ3n) is 3.21. The minimum Gasteiger partial charge on any atom is -0.488 e. The van der Waals surface area contributed by atoms with Crippen LogP contribution in [0.15, 0.2) is 42.6 Å². The van der Waals surface area contributed by atoms with E-state index >= 15 is 0 Å². The summed E-state index contributed by atoms with van der Waals surface area (Å²) < 4.78 is 7.25. The fourth-order valence-electron chi connectivity index (χ4n) is 2.28. The van der Waals surface area contributed by atoms with Crippen LogP contribution in [0.2, 0.25) is 0 Å². The Balaban J connectivity index is 1.95. The summed E-state index contributed by atoms with van der Waals surface area (Å²) in [7, 11) is 0.170. The summed E-state index contributed by atoms with van der Waals surface area (Å²) in [6, 6.07) is 11.1. The fraction of sp³-hybridized carbons (Fsp3) is 0.143. The Labute approximate surface area is 121 Å². The summed E-state index contributed by atoms with van der Waals surface area (Å²) in [5.41, 5.74) is 1.03. The van der Waals surface area contributed by atoms with Crippen molar-refractivity contribution in [3.63, 3.8) is 0 Å². The SMILES string of the molecule is Cn1cc(COc2ccc3ccccc3c2B(O)O)nn1. The minimum absolute atomic E-state index is 0.214. The lowest BCUT2D eigenvalue weighted by Crippen LogP contribution is -2.32. The molecule has 0 atom stereocenters. The molecule has 0 radical (unpaired) electrons. The first-order valence-electron chi connectivity index (χ1n) is 6.51. The average Bonchev–Trinajstić information content (AvgIpc) is 2.89. The molecule has 0 bridgehead atoms. The van der Waals surface area contributed by atoms with E-state index in [2.05, 4.69) is 10.3 Å². The Morgan fingerprint density at radius 2 is 2.00 bits per heavy atom. The van der Waals surface area contributed by atoms with Crippen LogP contribution in [0.5, 0.6) is 5.75 Å². The van der Waals surface area contributed by atoms with Crippen molar-refractivity contribution in [2.75, 3.05) is 0 Å². The highest BCUT2D eigenvalue weighted by atomic mass is 16.5. The predicted molar refractivity (Wildman–Crippen MR) is 79.1 cm³/mol. The standard InChI is InChI=1S/C14H14BN3O3/c1-18-8-11(16-17-18)9-21-13-7-6-10-4-2-3-5-12(10)14(13)15(19)20/h2-8,19-20H,9H2,1H3. The van der Waals surface area contributed by atoms with Crippen molar-refractivity contribution >= 4 is 23.4 Å². The molecule has 21 heavy (non-hydrogen) atoms. The molecule has 0 saturated carbocycles. The van der Waals surface area contributed by atoms with Crippen LogP contribution in [0.1, 0.15) is 5.69 Å². The maximum Gasteiger partial charge on any atom is 0.492 e. The summed E-state index contributed by atoms with van der Waals surface area (Å²) in [6.07, 6.45) is 1.75. The van der Waals surface area contributed by atoms with Crippen molar-refractivity contribution in [1.82, 2.24) is 15.0 Å². The molecule has 2 aromatic carbocycles.